The third kappa shape index (κ3) is 2.58. The Hall–Kier alpha value is -0.410. The van der Waals surface area contributed by atoms with Gasteiger partial charge in [0.1, 0.15) is 5.01 Å². The predicted octanol–water partition coefficient (Wildman–Crippen LogP) is 3.07. The zero-order valence-corrected chi connectivity index (χ0v) is 10.7. The van der Waals surface area contributed by atoms with Crippen LogP contribution in [0, 0.1) is 5.41 Å². The minimum atomic E-state index is 0.126. The first-order valence-electron chi connectivity index (χ1n) is 5.70. The summed E-state index contributed by atoms with van der Waals surface area (Å²) < 4.78 is 0. The molecule has 0 fully saturated rings. The summed E-state index contributed by atoms with van der Waals surface area (Å²) in [5.74, 6) is 0. The molecule has 0 aliphatic heterocycles. The molecule has 0 bridgehead atoms. The van der Waals surface area contributed by atoms with Crippen LogP contribution in [-0.4, -0.2) is 4.98 Å². The van der Waals surface area contributed by atoms with Gasteiger partial charge in [-0.25, -0.2) is 4.98 Å². The number of hydrogen-bond acceptors (Lipinski definition) is 3. The van der Waals surface area contributed by atoms with E-state index in [1.165, 1.54) is 23.4 Å². The van der Waals surface area contributed by atoms with Crippen LogP contribution in [0.15, 0.2) is 0 Å². The lowest BCUT2D eigenvalue weighted by atomic mass is 9.88. The highest BCUT2D eigenvalue weighted by Gasteiger charge is 2.23. The normalized spacial score (nSPS) is 17.9. The van der Waals surface area contributed by atoms with Gasteiger partial charge in [0, 0.05) is 4.88 Å². The van der Waals surface area contributed by atoms with Crippen LogP contribution in [0.25, 0.3) is 0 Å². The average Bonchev–Trinajstić information content (AvgIpc) is 2.56. The second-order valence-electron chi connectivity index (χ2n) is 5.65. The van der Waals surface area contributed by atoms with E-state index in [0.29, 0.717) is 0 Å². The number of aromatic nitrogens is 1. The third-order valence-electron chi connectivity index (χ3n) is 2.76. The highest BCUT2D eigenvalue weighted by Crippen LogP contribution is 2.34. The van der Waals surface area contributed by atoms with Crippen molar-refractivity contribution in [2.45, 2.75) is 52.5 Å². The van der Waals surface area contributed by atoms with Crippen LogP contribution in [0.3, 0.4) is 0 Å². The molecule has 3 heteroatoms. The van der Waals surface area contributed by atoms with Crippen molar-refractivity contribution in [3.8, 4) is 0 Å². The molecular weight excluding hydrogens is 204 g/mol. The van der Waals surface area contributed by atoms with Gasteiger partial charge in [-0.2, -0.15) is 0 Å². The first-order valence-corrected chi connectivity index (χ1v) is 6.51. The summed E-state index contributed by atoms with van der Waals surface area (Å²) in [6.07, 6.45) is 4.67. The quantitative estimate of drug-likeness (QED) is 0.838. The van der Waals surface area contributed by atoms with Crippen molar-refractivity contribution >= 4 is 11.3 Å². The van der Waals surface area contributed by atoms with E-state index >= 15 is 0 Å². The molecule has 0 spiro atoms. The van der Waals surface area contributed by atoms with E-state index in [-0.39, 0.29) is 11.5 Å². The van der Waals surface area contributed by atoms with E-state index in [9.17, 15) is 0 Å². The SMILES string of the molecule is CC(C)(C)CC(N)c1nc2c(s1)CCC2. The number of nitrogens with two attached hydrogens (primary N) is 1. The number of fused-ring (bicyclic) bond motifs is 1. The third-order valence-corrected chi connectivity index (χ3v) is 4.05. The van der Waals surface area contributed by atoms with Crippen molar-refractivity contribution in [2.24, 2.45) is 11.1 Å². The Kier molecular flexibility index (Phi) is 2.86. The Bertz CT molecular complexity index is 327. The van der Waals surface area contributed by atoms with Crippen molar-refractivity contribution < 1.29 is 0 Å². The molecule has 0 aromatic carbocycles. The Morgan fingerprint density at radius 1 is 1.40 bits per heavy atom. The van der Waals surface area contributed by atoms with Crippen LogP contribution in [0.4, 0.5) is 0 Å². The lowest BCUT2D eigenvalue weighted by Gasteiger charge is -2.21. The van der Waals surface area contributed by atoms with Crippen molar-refractivity contribution in [1.82, 2.24) is 4.98 Å². The fourth-order valence-corrected chi connectivity index (χ4v) is 3.27. The van der Waals surface area contributed by atoms with Crippen LogP contribution in [0.2, 0.25) is 0 Å². The molecule has 1 aliphatic rings. The molecule has 1 unspecified atom stereocenters. The zero-order chi connectivity index (χ0) is 11.1. The molecule has 1 heterocycles. The van der Waals surface area contributed by atoms with E-state index < -0.39 is 0 Å². The Morgan fingerprint density at radius 3 is 2.73 bits per heavy atom. The molecule has 1 atom stereocenters. The Labute approximate surface area is 95.9 Å². The minimum Gasteiger partial charge on any atom is -0.322 e. The van der Waals surface area contributed by atoms with Crippen molar-refractivity contribution in [2.75, 3.05) is 0 Å². The molecule has 0 saturated carbocycles. The molecule has 0 radical (unpaired) electrons. The second-order valence-corrected chi connectivity index (χ2v) is 6.76. The smallest absolute Gasteiger partial charge is 0.110 e. The molecule has 0 amide bonds. The number of hydrogen-bond donors (Lipinski definition) is 1. The highest BCUT2D eigenvalue weighted by molar-refractivity contribution is 7.11. The maximum atomic E-state index is 6.19. The monoisotopic (exact) mass is 224 g/mol. The van der Waals surface area contributed by atoms with Gasteiger partial charge < -0.3 is 5.73 Å². The van der Waals surface area contributed by atoms with E-state index in [1.54, 1.807) is 0 Å². The molecular formula is C12H20N2S. The minimum absolute atomic E-state index is 0.126. The number of thiazole rings is 1. The van der Waals surface area contributed by atoms with Gasteiger partial charge in [-0.3, -0.25) is 0 Å². The zero-order valence-electron chi connectivity index (χ0n) is 9.84. The van der Waals surface area contributed by atoms with Gasteiger partial charge in [-0.05, 0) is 31.1 Å². The maximum absolute atomic E-state index is 6.19. The fourth-order valence-electron chi connectivity index (χ4n) is 2.12. The van der Waals surface area contributed by atoms with E-state index in [2.05, 4.69) is 25.8 Å². The van der Waals surface area contributed by atoms with E-state index in [4.69, 9.17) is 5.73 Å². The van der Waals surface area contributed by atoms with Crippen molar-refractivity contribution in [3.05, 3.63) is 15.6 Å². The van der Waals surface area contributed by atoms with Gasteiger partial charge in [-0.15, -0.1) is 11.3 Å². The Balaban J connectivity index is 2.09. The first kappa shape index (κ1) is 11.1. The summed E-state index contributed by atoms with van der Waals surface area (Å²) in [5, 5.41) is 1.15. The van der Waals surface area contributed by atoms with Gasteiger partial charge >= 0.3 is 0 Å². The summed E-state index contributed by atoms with van der Waals surface area (Å²) in [4.78, 5) is 6.15. The largest absolute Gasteiger partial charge is 0.322 e. The molecule has 2 N–H and O–H groups in total. The maximum Gasteiger partial charge on any atom is 0.110 e. The van der Waals surface area contributed by atoms with E-state index in [1.807, 2.05) is 11.3 Å². The van der Waals surface area contributed by atoms with E-state index in [0.717, 1.165) is 17.8 Å². The first-order chi connectivity index (χ1) is 6.96. The molecule has 1 aromatic rings. The van der Waals surface area contributed by atoms with Crippen LogP contribution in [-0.2, 0) is 12.8 Å². The standard InChI is InChI=1S/C12H20N2S/c1-12(2,3)7-8(13)11-14-9-5-4-6-10(9)15-11/h8H,4-7,13H2,1-3H3. The summed E-state index contributed by atoms with van der Waals surface area (Å²) >= 11 is 1.83. The number of rotatable bonds is 2. The molecule has 15 heavy (non-hydrogen) atoms. The topological polar surface area (TPSA) is 38.9 Å². The number of aryl methyl sites for hydroxylation is 2. The van der Waals surface area contributed by atoms with Crippen LogP contribution in [0.5, 0.6) is 0 Å². The predicted molar refractivity (Wildman–Crippen MR) is 65.1 cm³/mol. The highest BCUT2D eigenvalue weighted by atomic mass is 32.1. The van der Waals surface area contributed by atoms with Gasteiger partial charge in [0.25, 0.3) is 0 Å². The molecule has 0 saturated heterocycles. The molecule has 1 aromatic heterocycles. The van der Waals surface area contributed by atoms with Gasteiger partial charge in [0.15, 0.2) is 0 Å². The molecule has 2 rings (SSSR count). The Morgan fingerprint density at radius 2 is 2.13 bits per heavy atom. The molecule has 1 aliphatic carbocycles. The lowest BCUT2D eigenvalue weighted by Crippen LogP contribution is -2.18. The summed E-state index contributed by atoms with van der Waals surface area (Å²) in [6, 6.07) is 0.126. The summed E-state index contributed by atoms with van der Waals surface area (Å²) in [6.45, 7) is 6.69. The number of nitrogens with zero attached hydrogens (tertiary/aromatic N) is 1. The van der Waals surface area contributed by atoms with Crippen molar-refractivity contribution in [1.29, 1.82) is 0 Å². The van der Waals surface area contributed by atoms with Gasteiger partial charge in [0.05, 0.1) is 11.7 Å². The van der Waals surface area contributed by atoms with Gasteiger partial charge in [-0.1, -0.05) is 20.8 Å². The van der Waals surface area contributed by atoms with Crippen molar-refractivity contribution in [3.63, 3.8) is 0 Å². The lowest BCUT2D eigenvalue weighted by molar-refractivity contribution is 0.342. The second kappa shape index (κ2) is 3.87. The van der Waals surface area contributed by atoms with Crippen LogP contribution >= 0.6 is 11.3 Å². The average molecular weight is 224 g/mol. The molecule has 2 nitrogen and oxygen atoms in total. The molecule has 84 valence electrons. The van der Waals surface area contributed by atoms with Crippen LogP contribution in [0.1, 0.15) is 55.2 Å². The summed E-state index contributed by atoms with van der Waals surface area (Å²) in [5.41, 5.74) is 7.80. The van der Waals surface area contributed by atoms with Gasteiger partial charge in [0.2, 0.25) is 0 Å². The fraction of sp³-hybridized carbons (Fsp3) is 0.750. The van der Waals surface area contributed by atoms with Crippen LogP contribution < -0.4 is 5.73 Å². The summed E-state index contributed by atoms with van der Waals surface area (Å²) in [7, 11) is 0.